The van der Waals surface area contributed by atoms with E-state index in [9.17, 15) is 9.65 Å². The average Bonchev–Trinajstić information content (AvgIpc) is 2.57. The van der Waals surface area contributed by atoms with Crippen molar-refractivity contribution in [2.75, 3.05) is 13.7 Å². The van der Waals surface area contributed by atoms with Crippen LogP contribution in [0.3, 0.4) is 0 Å². The second-order valence-electron chi connectivity index (χ2n) is 4.88. The van der Waals surface area contributed by atoms with Crippen LogP contribution in [-0.4, -0.2) is 13.7 Å². The number of para-hydroxylation sites is 1. The molecule has 2 aromatic carbocycles. The molecule has 22 heavy (non-hydrogen) atoms. The lowest BCUT2D eigenvalue weighted by molar-refractivity contribution is 0.290. The summed E-state index contributed by atoms with van der Waals surface area (Å²) in [6, 6.07) is 16.1. The zero-order chi connectivity index (χ0) is 15.8. The molecule has 0 amide bonds. The Kier molecular flexibility index (Phi) is 5.79. The molecule has 0 aromatic heterocycles. The molecule has 2 aromatic rings. The van der Waals surface area contributed by atoms with Gasteiger partial charge in [0.05, 0.1) is 25.7 Å². The van der Waals surface area contributed by atoms with Crippen LogP contribution < -0.4 is 9.47 Å². The van der Waals surface area contributed by atoms with Gasteiger partial charge in [0.2, 0.25) is 0 Å². The fraction of sp³-hybridized carbons (Fsp3) is 0.278. The van der Waals surface area contributed by atoms with E-state index in [2.05, 4.69) is 6.07 Å². The van der Waals surface area contributed by atoms with E-state index in [4.69, 9.17) is 9.47 Å². The summed E-state index contributed by atoms with van der Waals surface area (Å²) in [5.74, 6) is 0.452. The Hall–Kier alpha value is -2.54. The highest BCUT2D eigenvalue weighted by molar-refractivity contribution is 5.32. The van der Waals surface area contributed by atoms with Crippen LogP contribution in [0.1, 0.15) is 24.3 Å². The van der Waals surface area contributed by atoms with Gasteiger partial charge in [0.25, 0.3) is 0 Å². The summed E-state index contributed by atoms with van der Waals surface area (Å²) < 4.78 is 23.9. The smallest absolute Gasteiger partial charge is 0.165 e. The first-order valence-electron chi connectivity index (χ1n) is 7.15. The molecule has 0 N–H and O–H groups in total. The Morgan fingerprint density at radius 2 is 1.86 bits per heavy atom. The van der Waals surface area contributed by atoms with Gasteiger partial charge in [0, 0.05) is 0 Å². The van der Waals surface area contributed by atoms with Crippen LogP contribution in [0.5, 0.6) is 11.5 Å². The van der Waals surface area contributed by atoms with E-state index in [0.29, 0.717) is 19.4 Å². The van der Waals surface area contributed by atoms with Gasteiger partial charge in [-0.1, -0.05) is 24.3 Å². The molecule has 114 valence electrons. The van der Waals surface area contributed by atoms with E-state index in [1.54, 1.807) is 25.3 Å². The molecule has 0 spiro atoms. The van der Waals surface area contributed by atoms with Crippen LogP contribution >= 0.6 is 0 Å². The number of rotatable bonds is 7. The topological polar surface area (TPSA) is 42.2 Å². The first-order chi connectivity index (χ1) is 10.7. The molecule has 1 atom stereocenters. The average molecular weight is 299 g/mol. The minimum atomic E-state index is -0.366. The number of nitrogens with zero attached hydrogens (tertiary/aromatic N) is 1. The molecule has 4 heteroatoms. The lowest BCUT2D eigenvalue weighted by Gasteiger charge is -2.11. The lowest BCUT2D eigenvalue weighted by Crippen LogP contribution is -2.03. The van der Waals surface area contributed by atoms with Gasteiger partial charge in [-0.25, -0.2) is 4.39 Å². The van der Waals surface area contributed by atoms with Crippen molar-refractivity contribution in [2.24, 2.45) is 0 Å². The molecule has 0 heterocycles. The summed E-state index contributed by atoms with van der Waals surface area (Å²) in [4.78, 5) is 0. The third kappa shape index (κ3) is 4.23. The Balaban J connectivity index is 1.84. The van der Waals surface area contributed by atoms with Crippen LogP contribution in [0.4, 0.5) is 4.39 Å². The zero-order valence-corrected chi connectivity index (χ0v) is 12.5. The van der Waals surface area contributed by atoms with E-state index in [1.165, 1.54) is 6.07 Å². The second-order valence-corrected chi connectivity index (χ2v) is 4.88. The van der Waals surface area contributed by atoms with Gasteiger partial charge in [-0.2, -0.15) is 5.26 Å². The fourth-order valence-electron chi connectivity index (χ4n) is 2.17. The Labute approximate surface area is 129 Å². The fourth-order valence-corrected chi connectivity index (χ4v) is 2.17. The van der Waals surface area contributed by atoms with Crippen molar-refractivity contribution in [3.63, 3.8) is 0 Å². The number of ether oxygens (including phenoxy) is 2. The number of methoxy groups -OCH3 is 1. The molecule has 0 aliphatic rings. The number of nitriles is 1. The monoisotopic (exact) mass is 299 g/mol. The van der Waals surface area contributed by atoms with Crippen molar-refractivity contribution in [3.05, 3.63) is 59.9 Å². The molecule has 0 fully saturated rings. The standard InChI is InChI=1S/C18H18FNO2/c1-21-16-10-8-14(9-11-16)15(13-20)5-4-12-22-18-7-3-2-6-17(18)19/h2-3,6-11,15H,4-5,12H2,1H3. The maximum Gasteiger partial charge on any atom is 0.165 e. The Bertz CT molecular complexity index is 634. The molecule has 0 bridgehead atoms. The summed E-state index contributed by atoms with van der Waals surface area (Å²) in [6.45, 7) is 0.384. The molecule has 3 nitrogen and oxygen atoms in total. The highest BCUT2D eigenvalue weighted by Gasteiger charge is 2.11. The predicted molar refractivity (Wildman–Crippen MR) is 82.5 cm³/mol. The van der Waals surface area contributed by atoms with Crippen molar-refractivity contribution in [1.82, 2.24) is 0 Å². The third-order valence-corrected chi connectivity index (χ3v) is 3.41. The van der Waals surface area contributed by atoms with Crippen molar-refractivity contribution in [3.8, 4) is 17.6 Å². The molecule has 0 radical (unpaired) electrons. The van der Waals surface area contributed by atoms with Crippen molar-refractivity contribution in [1.29, 1.82) is 5.26 Å². The van der Waals surface area contributed by atoms with Gasteiger partial charge in [-0.15, -0.1) is 0 Å². The molecule has 0 saturated heterocycles. The number of halogens is 1. The largest absolute Gasteiger partial charge is 0.497 e. The SMILES string of the molecule is COc1ccc(C(C#N)CCCOc2ccccc2F)cc1. The predicted octanol–water partition coefficient (Wildman–Crippen LogP) is 4.30. The molecular formula is C18H18FNO2. The summed E-state index contributed by atoms with van der Waals surface area (Å²) in [7, 11) is 1.61. The maximum absolute atomic E-state index is 13.4. The number of hydrogen-bond acceptors (Lipinski definition) is 3. The normalized spacial score (nSPS) is 11.5. The molecule has 2 rings (SSSR count). The zero-order valence-electron chi connectivity index (χ0n) is 12.5. The van der Waals surface area contributed by atoms with Gasteiger partial charge in [-0.05, 0) is 42.7 Å². The highest BCUT2D eigenvalue weighted by Crippen LogP contribution is 2.23. The van der Waals surface area contributed by atoms with Crippen LogP contribution in [0, 0.1) is 17.1 Å². The van der Waals surface area contributed by atoms with Crippen molar-refractivity contribution < 1.29 is 13.9 Å². The van der Waals surface area contributed by atoms with Gasteiger partial charge < -0.3 is 9.47 Å². The third-order valence-electron chi connectivity index (χ3n) is 3.41. The van der Waals surface area contributed by atoms with E-state index < -0.39 is 0 Å². The summed E-state index contributed by atoms with van der Waals surface area (Å²) in [5, 5.41) is 9.28. The van der Waals surface area contributed by atoms with Crippen LogP contribution in [0.15, 0.2) is 48.5 Å². The van der Waals surface area contributed by atoms with Gasteiger partial charge in [0.15, 0.2) is 11.6 Å². The maximum atomic E-state index is 13.4. The van der Waals surface area contributed by atoms with E-state index >= 15 is 0 Å². The second kappa shape index (κ2) is 8.04. The van der Waals surface area contributed by atoms with Crippen molar-refractivity contribution >= 4 is 0 Å². The van der Waals surface area contributed by atoms with E-state index in [1.807, 2.05) is 24.3 Å². The summed E-state index contributed by atoms with van der Waals surface area (Å²) in [5.41, 5.74) is 0.953. The van der Waals surface area contributed by atoms with E-state index in [0.717, 1.165) is 11.3 Å². The first-order valence-corrected chi connectivity index (χ1v) is 7.15. The highest BCUT2D eigenvalue weighted by atomic mass is 19.1. The Morgan fingerprint density at radius 1 is 1.14 bits per heavy atom. The van der Waals surface area contributed by atoms with Crippen molar-refractivity contribution in [2.45, 2.75) is 18.8 Å². The van der Waals surface area contributed by atoms with Crippen LogP contribution in [-0.2, 0) is 0 Å². The number of benzene rings is 2. The van der Waals surface area contributed by atoms with Gasteiger partial charge >= 0.3 is 0 Å². The first kappa shape index (κ1) is 15.8. The molecule has 0 saturated carbocycles. The summed E-state index contributed by atoms with van der Waals surface area (Å²) in [6.07, 6.45) is 1.34. The molecule has 0 aliphatic heterocycles. The van der Waals surface area contributed by atoms with Gasteiger partial charge in [0.1, 0.15) is 5.75 Å². The van der Waals surface area contributed by atoms with Crippen LogP contribution in [0.25, 0.3) is 0 Å². The Morgan fingerprint density at radius 3 is 2.50 bits per heavy atom. The summed E-state index contributed by atoms with van der Waals surface area (Å²) >= 11 is 0. The van der Waals surface area contributed by atoms with E-state index in [-0.39, 0.29) is 17.5 Å². The minimum Gasteiger partial charge on any atom is -0.497 e. The number of hydrogen-bond donors (Lipinski definition) is 0. The lowest BCUT2D eigenvalue weighted by atomic mass is 9.96. The molecular weight excluding hydrogens is 281 g/mol. The van der Waals surface area contributed by atoms with Gasteiger partial charge in [-0.3, -0.25) is 0 Å². The minimum absolute atomic E-state index is 0.199. The quantitative estimate of drug-likeness (QED) is 0.716. The van der Waals surface area contributed by atoms with Crippen LogP contribution in [0.2, 0.25) is 0 Å². The molecule has 0 aliphatic carbocycles. The molecule has 1 unspecified atom stereocenters.